The lowest BCUT2D eigenvalue weighted by molar-refractivity contribution is 0.0931. The number of benzene rings is 2. The van der Waals surface area contributed by atoms with Gasteiger partial charge < -0.3 is 14.6 Å². The summed E-state index contributed by atoms with van der Waals surface area (Å²) in [5, 5.41) is 3.59. The largest absolute Gasteiger partial charge is 0.497 e. The van der Waals surface area contributed by atoms with Crippen LogP contribution in [0.25, 0.3) is 10.9 Å². The third-order valence-electron chi connectivity index (χ3n) is 5.55. The number of carbonyl (C=O) groups excluding carboxylic acids is 1. The lowest BCUT2D eigenvalue weighted by Crippen LogP contribution is -2.34. The van der Waals surface area contributed by atoms with E-state index in [1.165, 1.54) is 5.56 Å². The molecule has 1 aliphatic carbocycles. The Labute approximate surface area is 163 Å². The van der Waals surface area contributed by atoms with Crippen molar-refractivity contribution in [3.63, 3.8) is 0 Å². The highest BCUT2D eigenvalue weighted by Gasteiger charge is 2.24. The van der Waals surface area contributed by atoms with Gasteiger partial charge in [-0.1, -0.05) is 24.3 Å². The molecule has 0 aliphatic heterocycles. The first kappa shape index (κ1) is 18.3. The van der Waals surface area contributed by atoms with E-state index in [9.17, 15) is 9.59 Å². The molecule has 0 saturated carbocycles. The van der Waals surface area contributed by atoms with Crippen LogP contribution >= 0.6 is 0 Å². The summed E-state index contributed by atoms with van der Waals surface area (Å²) in [6.45, 7) is 2.66. The van der Waals surface area contributed by atoms with Crippen LogP contribution in [0.3, 0.4) is 0 Å². The van der Waals surface area contributed by atoms with Gasteiger partial charge in [0.15, 0.2) is 0 Å². The molecule has 1 amide bonds. The molecule has 2 aromatic carbocycles. The smallest absolute Gasteiger partial charge is 0.257 e. The molecular weight excluding hydrogens is 352 g/mol. The number of methoxy groups -OCH3 is 1. The summed E-state index contributed by atoms with van der Waals surface area (Å²) in [5.41, 5.74) is 3.13. The maximum Gasteiger partial charge on any atom is 0.257 e. The Hall–Kier alpha value is -3.08. The molecule has 5 nitrogen and oxygen atoms in total. The van der Waals surface area contributed by atoms with Gasteiger partial charge in [-0.2, -0.15) is 0 Å². The molecule has 4 rings (SSSR count). The van der Waals surface area contributed by atoms with Crippen molar-refractivity contribution in [1.82, 2.24) is 9.88 Å². The SMILES string of the molecule is CCn1cc(C(=O)N[C@@H]2CCCc3ccccc32)c(=O)c2cc(OC)ccc21. The lowest BCUT2D eigenvalue weighted by atomic mass is 9.87. The number of amides is 1. The number of aryl methyl sites for hydroxylation is 2. The highest BCUT2D eigenvalue weighted by Crippen LogP contribution is 2.29. The van der Waals surface area contributed by atoms with Gasteiger partial charge in [0.1, 0.15) is 11.3 Å². The standard InChI is InChI=1S/C23H24N2O3/c1-3-25-14-19(22(26)18-13-16(28-2)11-12-21(18)25)23(27)24-20-10-6-8-15-7-4-5-9-17(15)20/h4-5,7,9,11-14,20H,3,6,8,10H2,1-2H3,(H,24,27)/t20-/m1/s1. The monoisotopic (exact) mass is 376 g/mol. The van der Waals surface area contributed by atoms with Crippen LogP contribution in [0.1, 0.15) is 47.3 Å². The van der Waals surface area contributed by atoms with E-state index in [1.807, 2.05) is 35.8 Å². The molecule has 144 valence electrons. The Morgan fingerprint density at radius 2 is 2.07 bits per heavy atom. The van der Waals surface area contributed by atoms with Gasteiger partial charge in [0.05, 0.1) is 24.1 Å². The number of aromatic nitrogens is 1. The Balaban J connectivity index is 1.74. The molecule has 1 heterocycles. The quantitative estimate of drug-likeness (QED) is 0.753. The fourth-order valence-corrected chi connectivity index (χ4v) is 4.07. The average Bonchev–Trinajstić information content (AvgIpc) is 2.74. The first-order valence-electron chi connectivity index (χ1n) is 9.72. The second kappa shape index (κ2) is 7.50. The Bertz CT molecular complexity index is 1100. The predicted molar refractivity (Wildman–Crippen MR) is 110 cm³/mol. The van der Waals surface area contributed by atoms with Crippen LogP contribution in [0.15, 0.2) is 53.5 Å². The first-order valence-corrected chi connectivity index (χ1v) is 9.72. The van der Waals surface area contributed by atoms with Crippen molar-refractivity contribution >= 4 is 16.8 Å². The third kappa shape index (κ3) is 3.17. The molecule has 0 radical (unpaired) electrons. The van der Waals surface area contributed by atoms with E-state index in [2.05, 4.69) is 17.4 Å². The van der Waals surface area contributed by atoms with Gasteiger partial charge in [-0.05, 0) is 55.5 Å². The molecule has 0 fully saturated rings. The first-order chi connectivity index (χ1) is 13.6. The van der Waals surface area contributed by atoms with Gasteiger partial charge >= 0.3 is 0 Å². The highest BCUT2D eigenvalue weighted by atomic mass is 16.5. The maximum absolute atomic E-state index is 13.1. The van der Waals surface area contributed by atoms with E-state index < -0.39 is 0 Å². The van der Waals surface area contributed by atoms with Gasteiger partial charge in [0.25, 0.3) is 5.91 Å². The average molecular weight is 376 g/mol. The summed E-state index contributed by atoms with van der Waals surface area (Å²) in [7, 11) is 1.57. The number of carbonyl (C=O) groups is 1. The van der Waals surface area contributed by atoms with Crippen molar-refractivity contribution in [3.05, 3.63) is 75.6 Å². The van der Waals surface area contributed by atoms with Crippen molar-refractivity contribution in [1.29, 1.82) is 0 Å². The van der Waals surface area contributed by atoms with Gasteiger partial charge in [-0.25, -0.2) is 0 Å². The molecule has 1 aliphatic rings. The summed E-state index contributed by atoms with van der Waals surface area (Å²) in [5.74, 6) is 0.282. The van der Waals surface area contributed by atoms with Crippen LogP contribution in [0.4, 0.5) is 0 Å². The predicted octanol–water partition coefficient (Wildman–Crippen LogP) is 3.84. The number of fused-ring (bicyclic) bond motifs is 2. The minimum absolute atomic E-state index is 0.0621. The van der Waals surface area contributed by atoms with Crippen molar-refractivity contribution in [3.8, 4) is 5.75 Å². The molecule has 0 bridgehead atoms. The second-order valence-electron chi connectivity index (χ2n) is 7.16. The normalized spacial score (nSPS) is 15.9. The van der Waals surface area contributed by atoms with Gasteiger partial charge in [0, 0.05) is 12.7 Å². The van der Waals surface area contributed by atoms with Crippen molar-refractivity contribution in [2.24, 2.45) is 0 Å². The number of hydrogen-bond donors (Lipinski definition) is 1. The third-order valence-corrected chi connectivity index (χ3v) is 5.55. The van der Waals surface area contributed by atoms with Crippen LogP contribution in [0, 0.1) is 0 Å². The van der Waals surface area contributed by atoms with E-state index in [0.717, 1.165) is 30.3 Å². The summed E-state index contributed by atoms with van der Waals surface area (Å²) in [6.07, 6.45) is 4.60. The van der Waals surface area contributed by atoms with Gasteiger partial charge in [-0.3, -0.25) is 9.59 Å². The summed E-state index contributed by atoms with van der Waals surface area (Å²) >= 11 is 0. The zero-order valence-electron chi connectivity index (χ0n) is 16.2. The molecule has 1 N–H and O–H groups in total. The number of nitrogens with zero attached hydrogens (tertiary/aromatic N) is 1. The number of ether oxygens (including phenoxy) is 1. The van der Waals surface area contributed by atoms with Crippen molar-refractivity contribution in [2.75, 3.05) is 7.11 Å². The second-order valence-corrected chi connectivity index (χ2v) is 7.16. The number of pyridine rings is 1. The lowest BCUT2D eigenvalue weighted by Gasteiger charge is -2.26. The molecule has 0 unspecified atom stereocenters. The van der Waals surface area contributed by atoms with E-state index in [4.69, 9.17) is 4.74 Å². The molecule has 5 heteroatoms. The molecule has 3 aromatic rings. The molecule has 0 spiro atoms. The molecule has 1 atom stereocenters. The fourth-order valence-electron chi connectivity index (χ4n) is 4.07. The Morgan fingerprint density at radius 3 is 2.86 bits per heavy atom. The summed E-state index contributed by atoms with van der Waals surface area (Å²) in [4.78, 5) is 26.1. The molecule has 0 saturated heterocycles. The maximum atomic E-state index is 13.1. The van der Waals surface area contributed by atoms with Crippen LogP contribution < -0.4 is 15.5 Å². The number of hydrogen-bond acceptors (Lipinski definition) is 3. The minimum atomic E-state index is -0.321. The van der Waals surface area contributed by atoms with Crippen molar-refractivity contribution in [2.45, 2.75) is 38.8 Å². The molecular formula is C23H24N2O3. The van der Waals surface area contributed by atoms with Crippen LogP contribution in [-0.2, 0) is 13.0 Å². The van der Waals surface area contributed by atoms with Crippen LogP contribution in [0.2, 0.25) is 0 Å². The van der Waals surface area contributed by atoms with E-state index in [1.54, 1.807) is 19.4 Å². The fraction of sp³-hybridized carbons (Fsp3) is 0.304. The van der Waals surface area contributed by atoms with Gasteiger partial charge in [-0.15, -0.1) is 0 Å². The summed E-state index contributed by atoms with van der Waals surface area (Å²) < 4.78 is 7.19. The molecule has 28 heavy (non-hydrogen) atoms. The summed E-state index contributed by atoms with van der Waals surface area (Å²) in [6, 6.07) is 13.5. The topological polar surface area (TPSA) is 60.3 Å². The van der Waals surface area contributed by atoms with E-state index in [-0.39, 0.29) is 22.9 Å². The van der Waals surface area contributed by atoms with Crippen molar-refractivity contribution < 1.29 is 9.53 Å². The highest BCUT2D eigenvalue weighted by molar-refractivity contribution is 5.97. The Kier molecular flexibility index (Phi) is 4.90. The zero-order valence-corrected chi connectivity index (χ0v) is 16.2. The Morgan fingerprint density at radius 1 is 1.25 bits per heavy atom. The van der Waals surface area contributed by atoms with Crippen LogP contribution in [0.5, 0.6) is 5.75 Å². The van der Waals surface area contributed by atoms with Crippen LogP contribution in [-0.4, -0.2) is 17.6 Å². The molecule has 1 aromatic heterocycles. The van der Waals surface area contributed by atoms with E-state index >= 15 is 0 Å². The zero-order chi connectivity index (χ0) is 19.7. The number of rotatable bonds is 4. The van der Waals surface area contributed by atoms with E-state index in [0.29, 0.717) is 17.7 Å². The van der Waals surface area contributed by atoms with Gasteiger partial charge in [0.2, 0.25) is 5.43 Å². The number of nitrogens with one attached hydrogen (secondary N) is 1. The minimum Gasteiger partial charge on any atom is -0.497 e.